The maximum absolute atomic E-state index is 12.7. The van der Waals surface area contributed by atoms with Gasteiger partial charge in [0.05, 0.1) is 5.69 Å². The summed E-state index contributed by atoms with van der Waals surface area (Å²) in [4.78, 5) is 25.5. The Morgan fingerprint density at radius 2 is 2.06 bits per heavy atom. The molecule has 1 saturated carbocycles. The number of aromatic amines is 1. The predicted octanol–water partition coefficient (Wildman–Crippen LogP) is 4.38. The number of amides is 1. The van der Waals surface area contributed by atoms with E-state index in [1.165, 1.54) is 0 Å². The van der Waals surface area contributed by atoms with Crippen LogP contribution < -0.4 is 16.4 Å². The first kappa shape index (κ1) is 22.3. The number of aromatic nitrogens is 3. The standard InChI is InChI=1S/C27H32N6O/c1-17-15-30-26(33-24(17)22-16-29-23-9-4-3-8-21(22)23)32-20-7-5-6-19(14-20)31-25(34)18-10-12-27(2,28)13-11-18/h3-4,8-12,15-16,19-20,29H,5-7,13-14,28H2,1-2H3,(H,31,34)(H,30,32,33)/t19-,20+,27?/m0/s1. The van der Waals surface area contributed by atoms with Crippen molar-refractivity contribution in [3.8, 4) is 11.3 Å². The number of para-hydroxylation sites is 1. The highest BCUT2D eigenvalue weighted by Gasteiger charge is 2.26. The van der Waals surface area contributed by atoms with Crippen LogP contribution in [0.3, 0.4) is 0 Å². The number of nitrogens with two attached hydrogens (primary N) is 1. The van der Waals surface area contributed by atoms with Crippen molar-refractivity contribution in [1.29, 1.82) is 0 Å². The Morgan fingerprint density at radius 1 is 1.24 bits per heavy atom. The van der Waals surface area contributed by atoms with E-state index < -0.39 is 0 Å². The molecule has 0 radical (unpaired) electrons. The smallest absolute Gasteiger partial charge is 0.251 e. The molecule has 5 rings (SSSR count). The van der Waals surface area contributed by atoms with Gasteiger partial charge in [-0.25, -0.2) is 9.97 Å². The summed E-state index contributed by atoms with van der Waals surface area (Å²) in [6.07, 6.45) is 14.1. The highest BCUT2D eigenvalue weighted by Crippen LogP contribution is 2.30. The van der Waals surface area contributed by atoms with E-state index in [0.717, 1.165) is 53.4 Å². The van der Waals surface area contributed by atoms with Crippen LogP contribution in [0.1, 0.15) is 44.6 Å². The number of carbonyl (C=O) groups is 1. The average Bonchev–Trinajstić information content (AvgIpc) is 3.24. The predicted molar refractivity (Wildman–Crippen MR) is 136 cm³/mol. The van der Waals surface area contributed by atoms with Crippen molar-refractivity contribution in [2.24, 2.45) is 5.73 Å². The molecule has 2 aliphatic carbocycles. The second-order valence-electron chi connectivity index (χ2n) is 9.85. The van der Waals surface area contributed by atoms with E-state index in [1.807, 2.05) is 56.6 Å². The Bertz CT molecular complexity index is 1270. The zero-order chi connectivity index (χ0) is 23.7. The molecular weight excluding hydrogens is 424 g/mol. The van der Waals surface area contributed by atoms with Gasteiger partial charge in [0.1, 0.15) is 0 Å². The molecule has 0 saturated heterocycles. The van der Waals surface area contributed by atoms with Crippen molar-refractivity contribution in [3.05, 3.63) is 66.0 Å². The Kier molecular flexibility index (Phi) is 5.96. The second-order valence-corrected chi connectivity index (χ2v) is 9.85. The van der Waals surface area contributed by atoms with Gasteiger partial charge in [-0.05, 0) is 57.6 Å². The summed E-state index contributed by atoms with van der Waals surface area (Å²) in [5.74, 6) is 0.605. The van der Waals surface area contributed by atoms with Gasteiger partial charge >= 0.3 is 0 Å². The fourth-order valence-corrected chi connectivity index (χ4v) is 4.87. The highest BCUT2D eigenvalue weighted by molar-refractivity contribution is 5.97. The van der Waals surface area contributed by atoms with Crippen LogP contribution in [-0.4, -0.2) is 38.5 Å². The van der Waals surface area contributed by atoms with Gasteiger partial charge in [0.15, 0.2) is 0 Å². The van der Waals surface area contributed by atoms with Gasteiger partial charge in [0.2, 0.25) is 5.95 Å². The molecule has 1 amide bonds. The Hall–Kier alpha value is -3.45. The summed E-state index contributed by atoms with van der Waals surface area (Å²) < 4.78 is 0. The van der Waals surface area contributed by atoms with Crippen molar-refractivity contribution >= 4 is 22.8 Å². The van der Waals surface area contributed by atoms with Gasteiger partial charge in [-0.1, -0.05) is 36.4 Å². The van der Waals surface area contributed by atoms with Crippen LogP contribution in [0, 0.1) is 6.92 Å². The Balaban J connectivity index is 1.26. The molecule has 2 aromatic heterocycles. The van der Waals surface area contributed by atoms with E-state index in [9.17, 15) is 4.79 Å². The summed E-state index contributed by atoms with van der Waals surface area (Å²) in [6, 6.07) is 8.57. The van der Waals surface area contributed by atoms with Crippen LogP contribution in [0.5, 0.6) is 0 Å². The molecule has 3 atom stereocenters. The third-order valence-electron chi connectivity index (χ3n) is 6.83. The van der Waals surface area contributed by atoms with Crippen molar-refractivity contribution in [2.75, 3.05) is 5.32 Å². The summed E-state index contributed by atoms with van der Waals surface area (Å²) in [6.45, 7) is 4.00. The molecule has 7 nitrogen and oxygen atoms in total. The topological polar surface area (TPSA) is 109 Å². The largest absolute Gasteiger partial charge is 0.360 e. The van der Waals surface area contributed by atoms with Crippen molar-refractivity contribution in [1.82, 2.24) is 20.3 Å². The molecular formula is C27H32N6O. The summed E-state index contributed by atoms with van der Waals surface area (Å²) in [5.41, 5.74) is 10.6. The van der Waals surface area contributed by atoms with Crippen molar-refractivity contribution < 1.29 is 4.79 Å². The number of fused-ring (bicyclic) bond motifs is 1. The number of aryl methyl sites for hydroxylation is 1. The highest BCUT2D eigenvalue weighted by atomic mass is 16.1. The number of nitrogens with one attached hydrogen (secondary N) is 3. The molecule has 5 N–H and O–H groups in total. The molecule has 34 heavy (non-hydrogen) atoms. The minimum absolute atomic E-state index is 0.0226. The minimum Gasteiger partial charge on any atom is -0.360 e. The van der Waals surface area contributed by atoms with Crippen LogP contribution >= 0.6 is 0 Å². The fraction of sp³-hybridized carbons (Fsp3) is 0.370. The van der Waals surface area contributed by atoms with Crippen molar-refractivity contribution in [3.63, 3.8) is 0 Å². The van der Waals surface area contributed by atoms with E-state index in [0.29, 0.717) is 17.9 Å². The van der Waals surface area contributed by atoms with E-state index in [4.69, 9.17) is 10.7 Å². The van der Waals surface area contributed by atoms with Crippen LogP contribution in [-0.2, 0) is 4.79 Å². The Labute approximate surface area is 200 Å². The van der Waals surface area contributed by atoms with Gasteiger partial charge in [-0.15, -0.1) is 0 Å². The number of rotatable bonds is 5. The van der Waals surface area contributed by atoms with E-state index in [1.54, 1.807) is 0 Å². The summed E-state index contributed by atoms with van der Waals surface area (Å²) >= 11 is 0. The normalized spacial score (nSPS) is 24.6. The molecule has 2 aliphatic rings. The first-order valence-electron chi connectivity index (χ1n) is 12.0. The lowest BCUT2D eigenvalue weighted by Gasteiger charge is -2.31. The van der Waals surface area contributed by atoms with Crippen molar-refractivity contribution in [2.45, 2.75) is 63.6 Å². The average molecular weight is 457 g/mol. The minimum atomic E-state index is -0.372. The second kappa shape index (κ2) is 9.06. The van der Waals surface area contributed by atoms with E-state index in [2.05, 4.69) is 32.7 Å². The molecule has 1 aromatic carbocycles. The molecule has 0 bridgehead atoms. The molecule has 1 unspecified atom stereocenters. The zero-order valence-corrected chi connectivity index (χ0v) is 19.8. The van der Waals surface area contributed by atoms with Crippen LogP contribution in [0.25, 0.3) is 22.2 Å². The van der Waals surface area contributed by atoms with E-state index >= 15 is 0 Å². The van der Waals surface area contributed by atoms with Gasteiger partial charge < -0.3 is 21.4 Å². The number of benzene rings is 1. The number of carbonyl (C=O) groups excluding carboxylic acids is 1. The van der Waals surface area contributed by atoms with Gasteiger partial charge in [0.25, 0.3) is 5.91 Å². The molecule has 0 aliphatic heterocycles. The first-order valence-corrected chi connectivity index (χ1v) is 12.0. The van der Waals surface area contributed by atoms with Gasteiger partial charge in [-0.2, -0.15) is 0 Å². The summed E-state index contributed by atoms with van der Waals surface area (Å²) in [5, 5.41) is 7.88. The zero-order valence-electron chi connectivity index (χ0n) is 19.8. The number of anilines is 1. The maximum atomic E-state index is 12.7. The lowest BCUT2D eigenvalue weighted by Crippen LogP contribution is -2.43. The third-order valence-corrected chi connectivity index (χ3v) is 6.83. The molecule has 7 heteroatoms. The molecule has 176 valence electrons. The summed E-state index contributed by atoms with van der Waals surface area (Å²) in [7, 11) is 0. The maximum Gasteiger partial charge on any atom is 0.251 e. The van der Waals surface area contributed by atoms with Gasteiger partial charge in [-0.3, -0.25) is 4.79 Å². The molecule has 3 aromatic rings. The monoisotopic (exact) mass is 456 g/mol. The molecule has 0 spiro atoms. The quantitative estimate of drug-likeness (QED) is 0.456. The number of H-pyrrole nitrogens is 1. The van der Waals surface area contributed by atoms with Crippen LogP contribution in [0.4, 0.5) is 5.95 Å². The lowest BCUT2D eigenvalue weighted by atomic mass is 9.89. The van der Waals surface area contributed by atoms with Crippen LogP contribution in [0.15, 0.2) is 60.5 Å². The number of hydrogen-bond donors (Lipinski definition) is 4. The number of nitrogens with zero attached hydrogens (tertiary/aromatic N) is 2. The number of hydrogen-bond acceptors (Lipinski definition) is 5. The van der Waals surface area contributed by atoms with Gasteiger partial charge in [0, 0.05) is 52.1 Å². The SMILES string of the molecule is Cc1cnc(N[C@@H]2CCC[C@H](NC(=O)C3=CCC(C)(N)C=C3)C2)nc1-c1c[nH]c2ccccc12. The van der Waals surface area contributed by atoms with Crippen LogP contribution in [0.2, 0.25) is 0 Å². The molecule has 2 heterocycles. The molecule has 1 fully saturated rings. The fourth-order valence-electron chi connectivity index (χ4n) is 4.87. The van der Waals surface area contributed by atoms with E-state index in [-0.39, 0.29) is 23.5 Å². The lowest BCUT2D eigenvalue weighted by molar-refractivity contribution is -0.118. The third kappa shape index (κ3) is 4.75. The first-order chi connectivity index (χ1) is 16.4. The Morgan fingerprint density at radius 3 is 2.88 bits per heavy atom.